The molecule has 0 radical (unpaired) electrons. The Hall–Kier alpha value is -2.28. The summed E-state index contributed by atoms with van der Waals surface area (Å²) in [6, 6.07) is 6.25. The zero-order chi connectivity index (χ0) is 15.2. The first-order valence-electron chi connectivity index (χ1n) is 6.77. The second kappa shape index (κ2) is 6.94. The zero-order valence-electron chi connectivity index (χ0n) is 11.8. The highest BCUT2D eigenvalue weighted by Crippen LogP contribution is 2.14. The van der Waals surface area contributed by atoms with Crippen LogP contribution in [-0.2, 0) is 4.74 Å². The predicted octanol–water partition coefficient (Wildman–Crippen LogP) is 1.45. The van der Waals surface area contributed by atoms with Crippen molar-refractivity contribution in [3.05, 3.63) is 29.8 Å². The predicted molar refractivity (Wildman–Crippen MR) is 74.2 cm³/mol. The number of likely N-dealkylation sites (N-methyl/N-ethyl adjacent to an activating group) is 1. The molecule has 1 aromatic rings. The van der Waals surface area contributed by atoms with Gasteiger partial charge in [0.05, 0.1) is 18.7 Å². The van der Waals surface area contributed by atoms with Crippen LogP contribution < -0.4 is 4.74 Å². The van der Waals surface area contributed by atoms with Crippen LogP contribution in [0.25, 0.3) is 0 Å². The molecule has 0 spiro atoms. The van der Waals surface area contributed by atoms with Crippen molar-refractivity contribution in [2.24, 2.45) is 0 Å². The molecule has 114 valence electrons. The average molecular weight is 294 g/mol. The Morgan fingerprint density at radius 1 is 1.48 bits per heavy atom. The van der Waals surface area contributed by atoms with Gasteiger partial charge in [-0.25, -0.2) is 19.6 Å². The lowest BCUT2D eigenvalue weighted by Crippen LogP contribution is -2.53. The Morgan fingerprint density at radius 2 is 2.29 bits per heavy atom. The van der Waals surface area contributed by atoms with E-state index in [-0.39, 0.29) is 18.3 Å². The van der Waals surface area contributed by atoms with Gasteiger partial charge in [-0.05, 0) is 18.2 Å². The summed E-state index contributed by atoms with van der Waals surface area (Å²) in [5.41, 5.74) is 0.167. The van der Waals surface area contributed by atoms with E-state index in [9.17, 15) is 9.59 Å². The number of nitrogens with zero attached hydrogens (tertiary/aromatic N) is 2. The number of amides is 1. The molecule has 0 bridgehead atoms. The zero-order valence-corrected chi connectivity index (χ0v) is 11.8. The first kappa shape index (κ1) is 15.1. The Morgan fingerprint density at radius 3 is 3.00 bits per heavy atom. The number of rotatable bonds is 6. The van der Waals surface area contributed by atoms with Gasteiger partial charge in [0.25, 0.3) is 0 Å². The number of hydrogen-bond acceptors (Lipinski definition) is 5. The largest absolute Gasteiger partial charge is 0.492 e. The Balaban J connectivity index is 1.89. The number of ether oxygens (including phenoxy) is 2. The molecule has 7 heteroatoms. The van der Waals surface area contributed by atoms with Crippen LogP contribution in [0.1, 0.15) is 17.3 Å². The molecule has 21 heavy (non-hydrogen) atoms. The molecule has 1 heterocycles. The van der Waals surface area contributed by atoms with Gasteiger partial charge in [0.1, 0.15) is 19.0 Å². The van der Waals surface area contributed by atoms with Crippen LogP contribution in [-0.4, -0.2) is 60.0 Å². The third-order valence-corrected chi connectivity index (χ3v) is 3.14. The number of carboxylic acids is 1. The van der Waals surface area contributed by atoms with Gasteiger partial charge >= 0.3 is 12.1 Å². The summed E-state index contributed by atoms with van der Waals surface area (Å²) in [7, 11) is 0. The second-order valence-corrected chi connectivity index (χ2v) is 4.47. The van der Waals surface area contributed by atoms with Crippen molar-refractivity contribution in [2.45, 2.75) is 6.92 Å². The summed E-state index contributed by atoms with van der Waals surface area (Å²) in [4.78, 5) is 22.5. The summed E-state index contributed by atoms with van der Waals surface area (Å²) >= 11 is 0. The lowest BCUT2D eigenvalue weighted by atomic mass is 10.2. The molecule has 0 atom stereocenters. The Kier molecular flexibility index (Phi) is 4.99. The molecule has 2 rings (SSSR count). The molecule has 1 saturated heterocycles. The highest BCUT2D eigenvalue weighted by atomic mass is 16.6. The van der Waals surface area contributed by atoms with E-state index in [4.69, 9.17) is 14.6 Å². The maximum absolute atomic E-state index is 11.7. The van der Waals surface area contributed by atoms with Gasteiger partial charge in [-0.3, -0.25) is 0 Å². The third-order valence-electron chi connectivity index (χ3n) is 3.14. The minimum atomic E-state index is -1.00. The first-order chi connectivity index (χ1) is 10.1. The summed E-state index contributed by atoms with van der Waals surface area (Å²) in [5.74, 6) is -0.541. The van der Waals surface area contributed by atoms with Crippen LogP contribution in [0, 0.1) is 0 Å². The van der Waals surface area contributed by atoms with Crippen molar-refractivity contribution < 1.29 is 24.2 Å². The molecule has 1 amide bonds. The van der Waals surface area contributed by atoms with E-state index >= 15 is 0 Å². The van der Waals surface area contributed by atoms with Gasteiger partial charge in [0.15, 0.2) is 0 Å². The van der Waals surface area contributed by atoms with Crippen LogP contribution in [0.2, 0.25) is 0 Å². The SMILES string of the molecule is CCN1CCOC(=O)N1CCOc1cccc(C(=O)O)c1. The van der Waals surface area contributed by atoms with Gasteiger partial charge in [-0.15, -0.1) is 0 Å². The minimum Gasteiger partial charge on any atom is -0.492 e. The molecular formula is C14H18N2O5. The van der Waals surface area contributed by atoms with E-state index in [1.54, 1.807) is 12.1 Å². The average Bonchev–Trinajstić information content (AvgIpc) is 2.49. The number of aromatic carboxylic acids is 1. The van der Waals surface area contributed by atoms with Gasteiger partial charge < -0.3 is 14.6 Å². The van der Waals surface area contributed by atoms with Crippen molar-refractivity contribution >= 4 is 12.1 Å². The maximum atomic E-state index is 11.7. The third kappa shape index (κ3) is 3.85. The number of carbonyl (C=O) groups excluding carboxylic acids is 1. The fourth-order valence-electron chi connectivity index (χ4n) is 2.08. The van der Waals surface area contributed by atoms with Gasteiger partial charge in [0, 0.05) is 6.54 Å². The Labute approximate surface area is 122 Å². The topological polar surface area (TPSA) is 79.3 Å². The quantitative estimate of drug-likeness (QED) is 0.855. The van der Waals surface area contributed by atoms with E-state index in [1.807, 2.05) is 11.9 Å². The molecule has 0 aromatic heterocycles. The molecule has 1 aromatic carbocycles. The van der Waals surface area contributed by atoms with Crippen molar-refractivity contribution in [3.8, 4) is 5.75 Å². The van der Waals surface area contributed by atoms with Crippen molar-refractivity contribution in [1.82, 2.24) is 10.0 Å². The lowest BCUT2D eigenvalue weighted by molar-refractivity contribution is -0.0693. The number of benzene rings is 1. The second-order valence-electron chi connectivity index (χ2n) is 4.47. The molecule has 1 N–H and O–H groups in total. The van der Waals surface area contributed by atoms with Gasteiger partial charge in [0.2, 0.25) is 0 Å². The minimum absolute atomic E-state index is 0.167. The number of carbonyl (C=O) groups is 2. The van der Waals surface area contributed by atoms with E-state index in [0.717, 1.165) is 0 Å². The number of carboxylic acid groups (broad SMARTS) is 1. The summed E-state index contributed by atoms with van der Waals surface area (Å²) in [6.07, 6.45) is -0.383. The van der Waals surface area contributed by atoms with Crippen LogP contribution in [0.3, 0.4) is 0 Å². The monoisotopic (exact) mass is 294 g/mol. The number of cyclic esters (lactones) is 1. The van der Waals surface area contributed by atoms with Crippen LogP contribution >= 0.6 is 0 Å². The van der Waals surface area contributed by atoms with Crippen molar-refractivity contribution in [2.75, 3.05) is 32.8 Å². The van der Waals surface area contributed by atoms with Crippen LogP contribution in [0.5, 0.6) is 5.75 Å². The van der Waals surface area contributed by atoms with E-state index in [1.165, 1.54) is 17.1 Å². The summed E-state index contributed by atoms with van der Waals surface area (Å²) in [5, 5.41) is 12.3. The first-order valence-corrected chi connectivity index (χ1v) is 6.77. The molecular weight excluding hydrogens is 276 g/mol. The maximum Gasteiger partial charge on any atom is 0.424 e. The number of hydrogen-bond donors (Lipinski definition) is 1. The molecule has 0 saturated carbocycles. The Bertz CT molecular complexity index is 520. The van der Waals surface area contributed by atoms with Gasteiger partial charge in [-0.2, -0.15) is 0 Å². The molecule has 1 fully saturated rings. The smallest absolute Gasteiger partial charge is 0.424 e. The summed E-state index contributed by atoms with van der Waals surface area (Å²) in [6.45, 7) is 4.34. The van der Waals surface area contributed by atoms with E-state index in [0.29, 0.717) is 32.0 Å². The number of hydrazine groups is 1. The highest BCUT2D eigenvalue weighted by molar-refractivity contribution is 5.87. The van der Waals surface area contributed by atoms with E-state index < -0.39 is 5.97 Å². The summed E-state index contributed by atoms with van der Waals surface area (Å²) < 4.78 is 10.5. The highest BCUT2D eigenvalue weighted by Gasteiger charge is 2.26. The van der Waals surface area contributed by atoms with Gasteiger partial charge in [-0.1, -0.05) is 13.0 Å². The molecule has 0 unspecified atom stereocenters. The van der Waals surface area contributed by atoms with Crippen LogP contribution in [0.15, 0.2) is 24.3 Å². The van der Waals surface area contributed by atoms with E-state index in [2.05, 4.69) is 0 Å². The standard InChI is InChI=1S/C14H18N2O5/c1-2-15-6-8-21-14(19)16(15)7-9-20-12-5-3-4-11(10-12)13(17)18/h3-5,10H,2,6-9H2,1H3,(H,17,18). The fourth-order valence-corrected chi connectivity index (χ4v) is 2.08. The normalized spacial score (nSPS) is 15.7. The van der Waals surface area contributed by atoms with Crippen molar-refractivity contribution in [3.63, 3.8) is 0 Å². The molecule has 7 nitrogen and oxygen atoms in total. The molecule has 0 aliphatic carbocycles. The molecule has 1 aliphatic rings. The van der Waals surface area contributed by atoms with Crippen molar-refractivity contribution in [1.29, 1.82) is 0 Å². The fraction of sp³-hybridized carbons (Fsp3) is 0.429. The van der Waals surface area contributed by atoms with Crippen LogP contribution in [0.4, 0.5) is 4.79 Å². The molecule has 1 aliphatic heterocycles. The lowest BCUT2D eigenvalue weighted by Gasteiger charge is -2.36.